The van der Waals surface area contributed by atoms with E-state index in [2.05, 4.69) is 0 Å². The van der Waals surface area contributed by atoms with Gasteiger partial charge in [0.2, 0.25) is 0 Å². The Labute approximate surface area is 306 Å². The van der Waals surface area contributed by atoms with Crippen LogP contribution >= 0.6 is 0 Å². The molecule has 0 atom stereocenters. The quantitative estimate of drug-likeness (QED) is 0.0396. The number of carbonyl (C=O) groups is 8. The molecule has 20 heteroatoms. The molecule has 0 unspecified atom stereocenters. The van der Waals surface area contributed by atoms with Gasteiger partial charge in [-0.25, -0.2) is 0 Å². The zero-order valence-electron chi connectivity index (χ0n) is 29.8. The van der Waals surface area contributed by atoms with Crippen LogP contribution in [0.1, 0.15) is 77.0 Å². The van der Waals surface area contributed by atoms with Crippen LogP contribution in [0.5, 0.6) is 0 Å². The Morgan fingerprint density at radius 1 is 0.321 bits per heavy atom. The van der Waals surface area contributed by atoms with Crippen LogP contribution in [0.4, 0.5) is 0 Å². The number of hydrogen-bond acceptors (Lipinski definition) is 16. The van der Waals surface area contributed by atoms with Crippen molar-refractivity contribution in [3.63, 3.8) is 0 Å². The standard InChI is InChI=1S/C33H52O20/c34-25(35)5-1-9-29(42)50-17-13-46-21-33(22-47-14-18-51-30(43)10-2-6-26(36)37,23-48-15-19-52-31(44)11-3-7-27(38)39)24-49-16-20-53-32(45)12-4-8-28(40)41/h1-24H2,(H,34,35)(H,36,37)(H,38,39)(H,40,41). The molecule has 0 aliphatic carbocycles. The lowest BCUT2D eigenvalue weighted by Gasteiger charge is -2.33. The Balaban J connectivity index is 5.35. The maximum absolute atomic E-state index is 11.9. The predicted octanol–water partition coefficient (Wildman–Crippen LogP) is 1.23. The van der Waals surface area contributed by atoms with Crippen molar-refractivity contribution in [2.24, 2.45) is 5.41 Å². The first kappa shape index (κ1) is 48.6. The Morgan fingerprint density at radius 2 is 0.528 bits per heavy atom. The highest BCUT2D eigenvalue weighted by atomic mass is 16.6. The molecule has 0 aliphatic rings. The maximum atomic E-state index is 11.9. The van der Waals surface area contributed by atoms with Crippen LogP contribution in [0.25, 0.3) is 0 Å². The van der Waals surface area contributed by atoms with Gasteiger partial charge in [-0.05, 0) is 25.7 Å². The SMILES string of the molecule is O=C(O)CCCC(=O)OCCOCC(COCCOC(=O)CCCC(=O)O)(COCCOC(=O)CCCC(=O)O)COCCOC(=O)CCCC(=O)O. The fraction of sp³-hybridized carbons (Fsp3) is 0.758. The van der Waals surface area contributed by atoms with E-state index in [0.29, 0.717) is 0 Å². The molecule has 0 heterocycles. The summed E-state index contributed by atoms with van der Waals surface area (Å²) in [5.74, 6) is -6.59. The highest BCUT2D eigenvalue weighted by molar-refractivity contribution is 5.73. The Kier molecular flexibility index (Phi) is 28.6. The molecule has 0 saturated heterocycles. The number of aliphatic carboxylic acids is 4. The number of esters is 4. The minimum absolute atomic E-state index is 0.0811. The van der Waals surface area contributed by atoms with Crippen LogP contribution in [-0.4, -0.2) is 147 Å². The smallest absolute Gasteiger partial charge is 0.305 e. The fourth-order valence-electron chi connectivity index (χ4n) is 4.09. The van der Waals surface area contributed by atoms with Crippen molar-refractivity contribution in [3.8, 4) is 0 Å². The second kappa shape index (κ2) is 31.2. The molecule has 0 fully saturated rings. The third-order valence-electron chi connectivity index (χ3n) is 6.68. The van der Waals surface area contributed by atoms with Crippen LogP contribution < -0.4 is 0 Å². The molecule has 0 spiro atoms. The third kappa shape index (κ3) is 32.0. The van der Waals surface area contributed by atoms with E-state index in [1.165, 1.54) is 0 Å². The number of rotatable bonds is 36. The largest absolute Gasteiger partial charge is 0.481 e. The first-order chi connectivity index (χ1) is 25.2. The molecule has 53 heavy (non-hydrogen) atoms. The van der Waals surface area contributed by atoms with Gasteiger partial charge < -0.3 is 58.3 Å². The zero-order chi connectivity index (χ0) is 39.7. The summed E-state index contributed by atoms with van der Waals surface area (Å²) in [5, 5.41) is 34.9. The molecule has 0 aromatic rings. The monoisotopic (exact) mass is 768 g/mol. The summed E-state index contributed by atoms with van der Waals surface area (Å²) in [6, 6.07) is 0. The third-order valence-corrected chi connectivity index (χ3v) is 6.68. The van der Waals surface area contributed by atoms with E-state index in [4.69, 9.17) is 58.3 Å². The van der Waals surface area contributed by atoms with E-state index in [9.17, 15) is 38.4 Å². The van der Waals surface area contributed by atoms with Crippen LogP contribution in [-0.2, 0) is 76.3 Å². The second-order valence-corrected chi connectivity index (χ2v) is 11.6. The molecular formula is C33H52O20. The van der Waals surface area contributed by atoms with Crippen molar-refractivity contribution in [3.05, 3.63) is 0 Å². The van der Waals surface area contributed by atoms with Crippen LogP contribution in [0.2, 0.25) is 0 Å². The molecular weight excluding hydrogens is 716 g/mol. The van der Waals surface area contributed by atoms with Gasteiger partial charge >= 0.3 is 47.8 Å². The molecule has 0 aromatic carbocycles. The van der Waals surface area contributed by atoms with Gasteiger partial charge in [-0.15, -0.1) is 0 Å². The molecule has 0 aliphatic heterocycles. The van der Waals surface area contributed by atoms with Crippen molar-refractivity contribution in [2.45, 2.75) is 77.0 Å². The summed E-state index contributed by atoms with van der Waals surface area (Å²) in [4.78, 5) is 90.1. The Bertz CT molecular complexity index is 948. The molecule has 0 radical (unpaired) electrons. The van der Waals surface area contributed by atoms with Crippen molar-refractivity contribution in [1.82, 2.24) is 0 Å². The van der Waals surface area contributed by atoms with Crippen LogP contribution in [0.15, 0.2) is 0 Å². The number of ether oxygens (including phenoxy) is 8. The maximum Gasteiger partial charge on any atom is 0.305 e. The van der Waals surface area contributed by atoms with Gasteiger partial charge in [0, 0.05) is 51.4 Å². The van der Waals surface area contributed by atoms with Crippen molar-refractivity contribution in [1.29, 1.82) is 0 Å². The highest BCUT2D eigenvalue weighted by Gasteiger charge is 2.33. The number of carbonyl (C=O) groups excluding carboxylic acids is 4. The average molecular weight is 769 g/mol. The second-order valence-electron chi connectivity index (χ2n) is 11.6. The number of hydrogen-bond donors (Lipinski definition) is 4. The van der Waals surface area contributed by atoms with Gasteiger partial charge in [-0.3, -0.25) is 38.4 Å². The number of carboxylic acids is 4. The van der Waals surface area contributed by atoms with E-state index >= 15 is 0 Å². The first-order valence-corrected chi connectivity index (χ1v) is 17.1. The van der Waals surface area contributed by atoms with Gasteiger partial charge in [0.05, 0.1) is 58.3 Å². The van der Waals surface area contributed by atoms with E-state index in [1.54, 1.807) is 0 Å². The predicted molar refractivity (Wildman–Crippen MR) is 175 cm³/mol. The van der Waals surface area contributed by atoms with E-state index in [-0.39, 0.29) is 156 Å². The summed E-state index contributed by atoms with van der Waals surface area (Å²) >= 11 is 0. The van der Waals surface area contributed by atoms with E-state index in [1.807, 2.05) is 0 Å². The van der Waals surface area contributed by atoms with Crippen LogP contribution in [0.3, 0.4) is 0 Å². The van der Waals surface area contributed by atoms with Crippen molar-refractivity contribution < 1.29 is 96.7 Å². The Hall–Kier alpha value is -4.40. The topological polar surface area (TPSA) is 291 Å². The highest BCUT2D eigenvalue weighted by Crippen LogP contribution is 2.21. The summed E-state index contributed by atoms with van der Waals surface area (Å²) in [7, 11) is 0. The summed E-state index contributed by atoms with van der Waals surface area (Å²) in [6.45, 7) is -1.38. The van der Waals surface area contributed by atoms with Gasteiger partial charge in [0.15, 0.2) is 0 Å². The molecule has 304 valence electrons. The van der Waals surface area contributed by atoms with Gasteiger partial charge in [-0.1, -0.05) is 0 Å². The van der Waals surface area contributed by atoms with Gasteiger partial charge in [-0.2, -0.15) is 0 Å². The molecule has 0 bridgehead atoms. The summed E-state index contributed by atoms with van der Waals surface area (Å²) in [6.07, 6.45) is -0.694. The fourth-order valence-corrected chi connectivity index (χ4v) is 4.09. The normalized spacial score (nSPS) is 11.0. The van der Waals surface area contributed by atoms with Crippen molar-refractivity contribution >= 4 is 47.8 Å². The van der Waals surface area contributed by atoms with E-state index in [0.717, 1.165) is 0 Å². The van der Waals surface area contributed by atoms with Gasteiger partial charge in [0.25, 0.3) is 0 Å². The lowest BCUT2D eigenvalue weighted by Crippen LogP contribution is -2.43. The lowest BCUT2D eigenvalue weighted by atomic mass is 9.92. The average Bonchev–Trinajstić information content (AvgIpc) is 3.07. The molecule has 0 amide bonds. The molecule has 4 N–H and O–H groups in total. The van der Waals surface area contributed by atoms with Crippen molar-refractivity contribution in [2.75, 3.05) is 79.3 Å². The van der Waals surface area contributed by atoms with Gasteiger partial charge in [0.1, 0.15) is 26.4 Å². The molecule has 0 saturated carbocycles. The molecule has 0 aromatic heterocycles. The molecule has 20 nitrogen and oxygen atoms in total. The van der Waals surface area contributed by atoms with Crippen LogP contribution in [0, 0.1) is 5.41 Å². The number of carboxylic acid groups (broad SMARTS) is 4. The summed E-state index contributed by atoms with van der Waals surface area (Å²) in [5.41, 5.74) is -1.09. The zero-order valence-corrected chi connectivity index (χ0v) is 29.8. The Morgan fingerprint density at radius 3 is 0.717 bits per heavy atom. The lowest BCUT2D eigenvalue weighted by molar-refractivity contribution is -0.151. The first-order valence-electron chi connectivity index (χ1n) is 17.1. The molecule has 0 rings (SSSR count). The van der Waals surface area contributed by atoms with E-state index < -0.39 is 53.2 Å². The summed E-state index contributed by atoms with van der Waals surface area (Å²) < 4.78 is 43.3. The minimum Gasteiger partial charge on any atom is -0.481 e. The minimum atomic E-state index is -1.09.